The Morgan fingerprint density at radius 2 is 1.84 bits per heavy atom. The lowest BCUT2D eigenvalue weighted by Crippen LogP contribution is -2.13. The summed E-state index contributed by atoms with van der Waals surface area (Å²) >= 11 is 0. The second-order valence-corrected chi connectivity index (χ2v) is 4.17. The topological polar surface area (TPSA) is 34.9 Å². The second kappa shape index (κ2) is 4.53. The maximum absolute atomic E-state index is 12.9. The molecule has 2 aromatic rings. The molecule has 0 radical (unpaired) electrons. The molecule has 0 bridgehead atoms. The van der Waals surface area contributed by atoms with Gasteiger partial charge in [-0.05, 0) is 13.0 Å². The highest BCUT2D eigenvalue weighted by Gasteiger charge is 2.35. The number of benzene rings is 1. The summed E-state index contributed by atoms with van der Waals surface area (Å²) in [5, 5.41) is 3.96. The van der Waals surface area contributed by atoms with Crippen LogP contribution in [0.2, 0.25) is 0 Å². The zero-order valence-electron chi connectivity index (χ0n) is 10.3. The van der Waals surface area contributed by atoms with Gasteiger partial charge < -0.3 is 0 Å². The van der Waals surface area contributed by atoms with E-state index in [1.807, 2.05) is 0 Å². The Labute approximate surface area is 107 Å². The highest BCUT2D eigenvalue weighted by molar-refractivity contribution is 6.10. The Bertz CT molecular complexity index is 629. The van der Waals surface area contributed by atoms with E-state index in [0.717, 1.165) is 6.07 Å². The molecule has 0 aliphatic heterocycles. The molecule has 0 saturated heterocycles. The standard InChI is InChI=1S/C13H11F3N2O/c1-8-10(7-18(2)17-8)12(19)9-5-3-4-6-11(9)13(14,15)16/h3-7H,1-2H3. The zero-order valence-corrected chi connectivity index (χ0v) is 10.3. The fourth-order valence-corrected chi connectivity index (χ4v) is 1.90. The van der Waals surface area contributed by atoms with Gasteiger partial charge in [0.25, 0.3) is 0 Å². The third-order valence-electron chi connectivity index (χ3n) is 2.74. The van der Waals surface area contributed by atoms with Crippen molar-refractivity contribution >= 4 is 5.78 Å². The molecule has 0 fully saturated rings. The first-order valence-corrected chi connectivity index (χ1v) is 5.52. The summed E-state index contributed by atoms with van der Waals surface area (Å²) in [4.78, 5) is 12.2. The second-order valence-electron chi connectivity index (χ2n) is 4.17. The van der Waals surface area contributed by atoms with E-state index in [1.54, 1.807) is 14.0 Å². The van der Waals surface area contributed by atoms with Gasteiger partial charge in [-0.1, -0.05) is 18.2 Å². The van der Waals surface area contributed by atoms with E-state index in [4.69, 9.17) is 0 Å². The van der Waals surface area contributed by atoms with Crippen molar-refractivity contribution in [3.8, 4) is 0 Å². The predicted molar refractivity (Wildman–Crippen MR) is 62.8 cm³/mol. The smallest absolute Gasteiger partial charge is 0.288 e. The summed E-state index contributed by atoms with van der Waals surface area (Å²) in [6.45, 7) is 1.59. The van der Waals surface area contributed by atoms with E-state index in [2.05, 4.69) is 5.10 Å². The SMILES string of the molecule is Cc1nn(C)cc1C(=O)c1ccccc1C(F)(F)F. The Hall–Kier alpha value is -2.11. The quantitative estimate of drug-likeness (QED) is 0.785. The van der Waals surface area contributed by atoms with Crippen molar-refractivity contribution in [3.63, 3.8) is 0 Å². The molecule has 6 heteroatoms. The third-order valence-corrected chi connectivity index (χ3v) is 2.74. The van der Waals surface area contributed by atoms with Gasteiger partial charge >= 0.3 is 6.18 Å². The molecule has 0 N–H and O–H groups in total. The minimum atomic E-state index is -4.55. The number of alkyl halides is 3. The van der Waals surface area contributed by atoms with Crippen molar-refractivity contribution in [2.24, 2.45) is 7.05 Å². The lowest BCUT2D eigenvalue weighted by atomic mass is 9.98. The van der Waals surface area contributed by atoms with E-state index in [9.17, 15) is 18.0 Å². The van der Waals surface area contributed by atoms with Crippen LogP contribution in [0, 0.1) is 6.92 Å². The summed E-state index contributed by atoms with van der Waals surface area (Å²) in [5.41, 5.74) is -0.696. The molecule has 1 heterocycles. The van der Waals surface area contributed by atoms with Gasteiger partial charge in [0, 0.05) is 18.8 Å². The molecule has 19 heavy (non-hydrogen) atoms. The van der Waals surface area contributed by atoms with Crippen LogP contribution >= 0.6 is 0 Å². The molecule has 0 unspecified atom stereocenters. The number of rotatable bonds is 2. The summed E-state index contributed by atoms with van der Waals surface area (Å²) < 4.78 is 40.0. The molecule has 0 atom stereocenters. The highest BCUT2D eigenvalue weighted by atomic mass is 19.4. The van der Waals surface area contributed by atoms with Gasteiger partial charge in [-0.25, -0.2) is 0 Å². The number of carbonyl (C=O) groups excluding carboxylic acids is 1. The number of halogens is 3. The summed E-state index contributed by atoms with van der Waals surface area (Å²) in [6, 6.07) is 4.75. The van der Waals surface area contributed by atoms with E-state index in [1.165, 1.54) is 29.1 Å². The number of aromatic nitrogens is 2. The monoisotopic (exact) mass is 268 g/mol. The predicted octanol–water partition coefficient (Wildman–Crippen LogP) is 2.98. The van der Waals surface area contributed by atoms with Gasteiger partial charge in [-0.15, -0.1) is 0 Å². The van der Waals surface area contributed by atoms with Crippen molar-refractivity contribution in [2.75, 3.05) is 0 Å². The van der Waals surface area contributed by atoms with Crippen LogP contribution in [-0.2, 0) is 13.2 Å². The third kappa shape index (κ3) is 2.52. The van der Waals surface area contributed by atoms with E-state index in [-0.39, 0.29) is 11.1 Å². The minimum Gasteiger partial charge on any atom is -0.288 e. The molecule has 0 spiro atoms. The number of carbonyl (C=O) groups is 1. The Morgan fingerprint density at radius 3 is 2.37 bits per heavy atom. The van der Waals surface area contributed by atoms with Crippen LogP contribution in [0.15, 0.2) is 30.5 Å². The van der Waals surface area contributed by atoms with E-state index < -0.39 is 17.5 Å². The normalized spacial score (nSPS) is 11.6. The number of aryl methyl sites for hydroxylation is 2. The van der Waals surface area contributed by atoms with Crippen LogP contribution < -0.4 is 0 Å². The average Bonchev–Trinajstić information content (AvgIpc) is 2.66. The fourth-order valence-electron chi connectivity index (χ4n) is 1.90. The molecule has 0 saturated carbocycles. The number of nitrogens with zero attached hydrogens (tertiary/aromatic N) is 2. The van der Waals surface area contributed by atoms with Crippen LogP contribution in [0.4, 0.5) is 13.2 Å². The largest absolute Gasteiger partial charge is 0.417 e. The van der Waals surface area contributed by atoms with Crippen molar-refractivity contribution in [1.82, 2.24) is 9.78 Å². The van der Waals surface area contributed by atoms with Gasteiger partial charge in [0.05, 0.1) is 16.8 Å². The fraction of sp³-hybridized carbons (Fsp3) is 0.231. The zero-order chi connectivity index (χ0) is 14.2. The van der Waals surface area contributed by atoms with Crippen molar-refractivity contribution in [3.05, 3.63) is 52.8 Å². The first kappa shape index (κ1) is 13.3. The molecular formula is C13H11F3N2O. The van der Waals surface area contributed by atoms with Gasteiger partial charge in [0.2, 0.25) is 0 Å². The first-order chi connectivity index (χ1) is 8.80. The van der Waals surface area contributed by atoms with E-state index in [0.29, 0.717) is 5.69 Å². The van der Waals surface area contributed by atoms with Gasteiger partial charge in [0.1, 0.15) is 0 Å². The van der Waals surface area contributed by atoms with Crippen molar-refractivity contribution < 1.29 is 18.0 Å². The number of hydrogen-bond donors (Lipinski definition) is 0. The van der Waals surface area contributed by atoms with Gasteiger partial charge in [-0.3, -0.25) is 9.48 Å². The van der Waals surface area contributed by atoms with Crippen LogP contribution in [-0.4, -0.2) is 15.6 Å². The number of hydrogen-bond acceptors (Lipinski definition) is 2. The summed E-state index contributed by atoms with van der Waals surface area (Å²) in [7, 11) is 1.61. The minimum absolute atomic E-state index is 0.180. The summed E-state index contributed by atoms with van der Waals surface area (Å²) in [6.07, 6.45) is -3.13. The van der Waals surface area contributed by atoms with Crippen molar-refractivity contribution in [1.29, 1.82) is 0 Å². The van der Waals surface area contributed by atoms with E-state index >= 15 is 0 Å². The van der Waals surface area contributed by atoms with Gasteiger partial charge in [0.15, 0.2) is 5.78 Å². The summed E-state index contributed by atoms with van der Waals surface area (Å²) in [5.74, 6) is -0.668. The molecule has 100 valence electrons. The maximum atomic E-state index is 12.9. The molecule has 3 nitrogen and oxygen atoms in total. The molecule has 0 amide bonds. The maximum Gasteiger partial charge on any atom is 0.417 e. The highest BCUT2D eigenvalue weighted by Crippen LogP contribution is 2.33. The Balaban J connectivity index is 2.54. The molecule has 2 rings (SSSR count). The lowest BCUT2D eigenvalue weighted by molar-refractivity contribution is -0.137. The van der Waals surface area contributed by atoms with Crippen LogP contribution in [0.25, 0.3) is 0 Å². The van der Waals surface area contributed by atoms with Crippen LogP contribution in [0.3, 0.4) is 0 Å². The Morgan fingerprint density at radius 1 is 1.21 bits per heavy atom. The lowest BCUT2D eigenvalue weighted by Gasteiger charge is -2.11. The van der Waals surface area contributed by atoms with Crippen LogP contribution in [0.1, 0.15) is 27.2 Å². The first-order valence-electron chi connectivity index (χ1n) is 5.52. The van der Waals surface area contributed by atoms with Crippen molar-refractivity contribution in [2.45, 2.75) is 13.1 Å². The van der Waals surface area contributed by atoms with Gasteiger partial charge in [-0.2, -0.15) is 18.3 Å². The molecule has 1 aromatic carbocycles. The molecule has 0 aliphatic rings. The van der Waals surface area contributed by atoms with Crippen LogP contribution in [0.5, 0.6) is 0 Å². The molecular weight excluding hydrogens is 257 g/mol. The number of ketones is 1. The Kier molecular flexibility index (Phi) is 3.18. The molecule has 1 aromatic heterocycles. The average molecular weight is 268 g/mol. The molecule has 0 aliphatic carbocycles.